The van der Waals surface area contributed by atoms with Gasteiger partial charge in [-0.15, -0.1) is 0 Å². The Morgan fingerprint density at radius 1 is 1.27 bits per heavy atom. The van der Waals surface area contributed by atoms with Gasteiger partial charge in [-0.1, -0.05) is 11.6 Å². The minimum Gasteiger partial charge on any atom is -0.370 e. The number of hydrogen-bond donors (Lipinski definition) is 0. The average molecular weight is 289 g/mol. The van der Waals surface area contributed by atoms with Gasteiger partial charge in [-0.25, -0.2) is 0 Å². The molecule has 0 amide bonds. The van der Waals surface area contributed by atoms with Crippen molar-refractivity contribution in [1.29, 1.82) is 0 Å². The first-order valence-corrected chi connectivity index (χ1v) is 6.05. The molecule has 80 valence electrons. The number of carbonyl (C=O) groups excluding carboxylic acids is 1. The molecule has 1 aliphatic heterocycles. The highest BCUT2D eigenvalue weighted by Gasteiger charge is 2.18. The van der Waals surface area contributed by atoms with Crippen LogP contribution in [0.2, 0.25) is 5.02 Å². The van der Waals surface area contributed by atoms with Crippen LogP contribution in [0.3, 0.4) is 0 Å². The van der Waals surface area contributed by atoms with Gasteiger partial charge in [0.2, 0.25) is 0 Å². The van der Waals surface area contributed by atoms with Gasteiger partial charge >= 0.3 is 0 Å². The van der Waals surface area contributed by atoms with Gasteiger partial charge in [-0.3, -0.25) is 4.79 Å². The van der Waals surface area contributed by atoms with Gasteiger partial charge in [0.15, 0.2) is 0 Å². The van der Waals surface area contributed by atoms with Crippen molar-refractivity contribution in [2.75, 3.05) is 18.0 Å². The monoisotopic (exact) mass is 287 g/mol. The summed E-state index contributed by atoms with van der Waals surface area (Å²) in [5, 5.41) is 0.727. The minimum absolute atomic E-state index is 0.351. The number of piperidine rings is 1. The van der Waals surface area contributed by atoms with Crippen molar-refractivity contribution in [2.24, 2.45) is 0 Å². The second-order valence-corrected chi connectivity index (χ2v) is 4.91. The highest BCUT2D eigenvalue weighted by molar-refractivity contribution is 9.10. The van der Waals surface area contributed by atoms with Crippen LogP contribution in [0.15, 0.2) is 22.7 Å². The second kappa shape index (κ2) is 4.54. The quantitative estimate of drug-likeness (QED) is 0.790. The molecule has 1 saturated heterocycles. The molecule has 15 heavy (non-hydrogen) atoms. The highest BCUT2D eigenvalue weighted by Crippen LogP contribution is 2.30. The van der Waals surface area contributed by atoms with Crippen LogP contribution in [0.1, 0.15) is 12.8 Å². The van der Waals surface area contributed by atoms with E-state index in [9.17, 15) is 4.79 Å². The topological polar surface area (TPSA) is 20.3 Å². The lowest BCUT2D eigenvalue weighted by atomic mass is 10.1. The SMILES string of the molecule is O=C1CCN(c2cc(Cl)ccc2Br)CC1. The van der Waals surface area contributed by atoms with E-state index in [1.807, 2.05) is 18.2 Å². The van der Waals surface area contributed by atoms with Crippen LogP contribution < -0.4 is 4.90 Å². The molecule has 1 aromatic carbocycles. The molecule has 0 N–H and O–H groups in total. The highest BCUT2D eigenvalue weighted by atomic mass is 79.9. The number of rotatable bonds is 1. The van der Waals surface area contributed by atoms with Gasteiger partial charge in [0.25, 0.3) is 0 Å². The summed E-state index contributed by atoms with van der Waals surface area (Å²) in [7, 11) is 0. The number of anilines is 1. The van der Waals surface area contributed by atoms with Crippen LogP contribution in [0.25, 0.3) is 0 Å². The summed E-state index contributed by atoms with van der Waals surface area (Å²) in [6.45, 7) is 1.58. The van der Waals surface area contributed by atoms with Crippen LogP contribution in [-0.2, 0) is 4.79 Å². The van der Waals surface area contributed by atoms with Crippen LogP contribution in [0, 0.1) is 0 Å². The Morgan fingerprint density at radius 3 is 2.60 bits per heavy atom. The average Bonchev–Trinajstić information content (AvgIpc) is 2.23. The predicted molar refractivity (Wildman–Crippen MR) is 65.6 cm³/mol. The smallest absolute Gasteiger partial charge is 0.136 e. The van der Waals surface area contributed by atoms with Gasteiger partial charge in [0.1, 0.15) is 5.78 Å². The van der Waals surface area contributed by atoms with Gasteiger partial charge in [0, 0.05) is 35.4 Å². The number of nitrogens with zero attached hydrogens (tertiary/aromatic N) is 1. The summed E-state index contributed by atoms with van der Waals surface area (Å²) >= 11 is 9.45. The Kier molecular flexibility index (Phi) is 3.32. The number of Topliss-reactive ketones (excluding diaryl/α,β-unsaturated/α-hetero) is 1. The van der Waals surface area contributed by atoms with E-state index in [0.29, 0.717) is 18.6 Å². The number of benzene rings is 1. The maximum absolute atomic E-state index is 11.1. The zero-order valence-electron chi connectivity index (χ0n) is 8.17. The second-order valence-electron chi connectivity index (χ2n) is 3.62. The fourth-order valence-corrected chi connectivity index (χ4v) is 2.39. The molecule has 2 rings (SSSR count). The molecule has 0 spiro atoms. The van der Waals surface area contributed by atoms with E-state index in [1.54, 1.807) is 0 Å². The van der Waals surface area contributed by atoms with Gasteiger partial charge < -0.3 is 4.90 Å². The molecule has 1 aliphatic rings. The van der Waals surface area contributed by atoms with Crippen molar-refractivity contribution < 1.29 is 4.79 Å². The summed E-state index contributed by atoms with van der Waals surface area (Å²) in [6.07, 6.45) is 1.28. The Balaban J connectivity index is 2.21. The van der Waals surface area contributed by atoms with Crippen LogP contribution in [-0.4, -0.2) is 18.9 Å². The molecular formula is C11H11BrClNO. The van der Waals surface area contributed by atoms with E-state index in [-0.39, 0.29) is 0 Å². The van der Waals surface area contributed by atoms with Crippen molar-refractivity contribution >= 4 is 39.0 Å². The molecule has 4 heteroatoms. The first-order chi connectivity index (χ1) is 7.16. The first-order valence-electron chi connectivity index (χ1n) is 4.88. The maximum atomic E-state index is 11.1. The molecule has 0 radical (unpaired) electrons. The lowest BCUT2D eigenvalue weighted by Gasteiger charge is -2.29. The molecular weight excluding hydrogens is 277 g/mol. The maximum Gasteiger partial charge on any atom is 0.136 e. The van der Waals surface area contributed by atoms with Crippen LogP contribution in [0.5, 0.6) is 0 Å². The van der Waals surface area contributed by atoms with E-state index < -0.39 is 0 Å². The van der Waals surface area contributed by atoms with Crippen molar-refractivity contribution in [1.82, 2.24) is 0 Å². The third-order valence-corrected chi connectivity index (χ3v) is 3.48. The molecule has 1 heterocycles. The fourth-order valence-electron chi connectivity index (χ4n) is 1.73. The van der Waals surface area contributed by atoms with Crippen LogP contribution >= 0.6 is 27.5 Å². The molecule has 1 fully saturated rings. The molecule has 0 saturated carbocycles. The molecule has 0 bridgehead atoms. The number of halogens is 2. The summed E-state index contributed by atoms with van der Waals surface area (Å²) in [4.78, 5) is 13.3. The number of ketones is 1. The standard InChI is InChI=1S/C11H11BrClNO/c12-10-2-1-8(13)7-11(10)14-5-3-9(15)4-6-14/h1-2,7H,3-6H2. The molecule has 2 nitrogen and oxygen atoms in total. The van der Waals surface area contributed by atoms with Crippen molar-refractivity contribution in [3.8, 4) is 0 Å². The normalized spacial score (nSPS) is 16.9. The summed E-state index contributed by atoms with van der Waals surface area (Å²) in [5.74, 6) is 0.351. The Hall–Kier alpha value is -0.540. The summed E-state index contributed by atoms with van der Waals surface area (Å²) in [5.41, 5.74) is 1.08. The zero-order valence-corrected chi connectivity index (χ0v) is 10.5. The molecule has 0 unspecified atom stereocenters. The van der Waals surface area contributed by atoms with Gasteiger partial charge in [-0.2, -0.15) is 0 Å². The largest absolute Gasteiger partial charge is 0.370 e. The summed E-state index contributed by atoms with van der Waals surface area (Å²) in [6, 6.07) is 5.72. The van der Waals surface area contributed by atoms with Crippen LogP contribution in [0.4, 0.5) is 5.69 Å². The molecule has 0 aromatic heterocycles. The third-order valence-electron chi connectivity index (χ3n) is 2.57. The van der Waals surface area contributed by atoms with Gasteiger partial charge in [0.05, 0.1) is 5.69 Å². The minimum atomic E-state index is 0.351. The number of carbonyl (C=O) groups is 1. The molecule has 0 aliphatic carbocycles. The predicted octanol–water partition coefficient (Wildman–Crippen LogP) is 3.27. The fraction of sp³-hybridized carbons (Fsp3) is 0.364. The van der Waals surface area contributed by atoms with E-state index in [2.05, 4.69) is 20.8 Å². The zero-order chi connectivity index (χ0) is 10.8. The Morgan fingerprint density at radius 2 is 1.93 bits per heavy atom. The molecule has 0 atom stereocenters. The Labute approximate surface area is 102 Å². The van der Waals surface area contributed by atoms with E-state index in [0.717, 1.165) is 28.3 Å². The number of hydrogen-bond acceptors (Lipinski definition) is 2. The lowest BCUT2D eigenvalue weighted by Crippen LogP contribution is -2.33. The lowest BCUT2D eigenvalue weighted by molar-refractivity contribution is -0.119. The van der Waals surface area contributed by atoms with Crippen molar-refractivity contribution in [2.45, 2.75) is 12.8 Å². The van der Waals surface area contributed by atoms with Gasteiger partial charge in [-0.05, 0) is 34.1 Å². The third kappa shape index (κ3) is 2.52. The summed E-state index contributed by atoms with van der Waals surface area (Å²) < 4.78 is 1.03. The first kappa shape index (κ1) is 11.0. The van der Waals surface area contributed by atoms with E-state index >= 15 is 0 Å². The van der Waals surface area contributed by atoms with Crippen molar-refractivity contribution in [3.05, 3.63) is 27.7 Å². The van der Waals surface area contributed by atoms with E-state index in [4.69, 9.17) is 11.6 Å². The Bertz CT molecular complexity index is 384. The molecule has 1 aromatic rings. The van der Waals surface area contributed by atoms with E-state index in [1.165, 1.54) is 0 Å². The van der Waals surface area contributed by atoms with Crippen molar-refractivity contribution in [3.63, 3.8) is 0 Å².